The lowest BCUT2D eigenvalue weighted by Gasteiger charge is -2.08. The van der Waals surface area contributed by atoms with E-state index in [4.69, 9.17) is 9.63 Å². The van der Waals surface area contributed by atoms with Gasteiger partial charge in [0.05, 0.1) is 24.0 Å². The van der Waals surface area contributed by atoms with Crippen molar-refractivity contribution < 1.29 is 28.0 Å². The van der Waals surface area contributed by atoms with Gasteiger partial charge in [0.25, 0.3) is 0 Å². The maximum absolute atomic E-state index is 13.5. The van der Waals surface area contributed by atoms with Crippen molar-refractivity contribution in [3.63, 3.8) is 0 Å². The van der Waals surface area contributed by atoms with E-state index in [0.29, 0.717) is 17.9 Å². The number of hydrogen-bond donors (Lipinski definition) is 3. The fourth-order valence-electron chi connectivity index (χ4n) is 1.48. The van der Waals surface area contributed by atoms with Gasteiger partial charge in [0.1, 0.15) is 11.6 Å². The lowest BCUT2D eigenvalue weighted by molar-refractivity contribution is 0.0692. The first kappa shape index (κ1) is 14.4. The van der Waals surface area contributed by atoms with Gasteiger partial charge in [-0.05, 0) is 6.07 Å². The second kappa shape index (κ2) is 5.99. The summed E-state index contributed by atoms with van der Waals surface area (Å²) in [5.74, 6) is -3.52. The number of amides is 2. The fraction of sp³-hybridized carbons (Fsp3) is 0.0833. The summed E-state index contributed by atoms with van der Waals surface area (Å²) in [6, 6.07) is 1.78. The summed E-state index contributed by atoms with van der Waals surface area (Å²) in [4.78, 5) is 22.3. The van der Waals surface area contributed by atoms with Crippen LogP contribution in [0.4, 0.5) is 19.3 Å². The van der Waals surface area contributed by atoms with Crippen LogP contribution < -0.4 is 10.6 Å². The summed E-state index contributed by atoms with van der Waals surface area (Å²) in [7, 11) is 0. The Kier molecular flexibility index (Phi) is 4.12. The summed E-state index contributed by atoms with van der Waals surface area (Å²) in [5, 5.41) is 16.6. The number of benzene rings is 1. The minimum atomic E-state index is -1.57. The van der Waals surface area contributed by atoms with E-state index in [1.54, 1.807) is 0 Å². The van der Waals surface area contributed by atoms with Gasteiger partial charge in [-0.2, -0.15) is 0 Å². The molecule has 110 valence electrons. The number of aromatic nitrogens is 1. The zero-order valence-corrected chi connectivity index (χ0v) is 10.4. The summed E-state index contributed by atoms with van der Waals surface area (Å²) in [6.07, 6.45) is 1.38. The van der Waals surface area contributed by atoms with Crippen LogP contribution in [0.3, 0.4) is 0 Å². The molecule has 0 atom stereocenters. The third-order valence-corrected chi connectivity index (χ3v) is 2.45. The SMILES string of the molecule is O=C(NCc1ccno1)Nc1cc(C(=O)O)c(F)cc1F. The molecule has 0 fully saturated rings. The molecule has 2 aromatic rings. The molecule has 0 aliphatic heterocycles. The molecular weight excluding hydrogens is 288 g/mol. The molecule has 1 heterocycles. The molecule has 0 unspecified atom stereocenters. The normalized spacial score (nSPS) is 10.2. The van der Waals surface area contributed by atoms with Gasteiger partial charge in [-0.3, -0.25) is 0 Å². The molecule has 1 aromatic heterocycles. The van der Waals surface area contributed by atoms with Crippen molar-refractivity contribution in [2.24, 2.45) is 0 Å². The number of rotatable bonds is 4. The van der Waals surface area contributed by atoms with Gasteiger partial charge >= 0.3 is 12.0 Å². The highest BCUT2D eigenvalue weighted by atomic mass is 19.1. The van der Waals surface area contributed by atoms with E-state index in [1.807, 2.05) is 0 Å². The van der Waals surface area contributed by atoms with Crippen LogP contribution in [-0.2, 0) is 6.54 Å². The van der Waals surface area contributed by atoms with Gasteiger partial charge in [0.15, 0.2) is 5.76 Å². The van der Waals surface area contributed by atoms with Gasteiger partial charge in [0.2, 0.25) is 0 Å². The molecule has 0 spiro atoms. The van der Waals surface area contributed by atoms with Gasteiger partial charge in [-0.1, -0.05) is 5.16 Å². The van der Waals surface area contributed by atoms with Crippen molar-refractivity contribution in [1.82, 2.24) is 10.5 Å². The predicted molar refractivity (Wildman–Crippen MR) is 65.7 cm³/mol. The van der Waals surface area contributed by atoms with Crippen LogP contribution in [0.1, 0.15) is 16.1 Å². The molecule has 21 heavy (non-hydrogen) atoms. The summed E-state index contributed by atoms with van der Waals surface area (Å²) in [5.41, 5.74) is -1.20. The first-order chi connectivity index (χ1) is 9.97. The fourth-order valence-corrected chi connectivity index (χ4v) is 1.48. The van der Waals surface area contributed by atoms with Crippen molar-refractivity contribution in [1.29, 1.82) is 0 Å². The number of carbonyl (C=O) groups is 2. The second-order valence-corrected chi connectivity index (χ2v) is 3.90. The van der Waals surface area contributed by atoms with Gasteiger partial charge in [-0.25, -0.2) is 18.4 Å². The Morgan fingerprint density at radius 2 is 2.05 bits per heavy atom. The number of nitrogens with one attached hydrogen (secondary N) is 2. The monoisotopic (exact) mass is 297 g/mol. The number of carbonyl (C=O) groups excluding carboxylic acids is 1. The van der Waals surface area contributed by atoms with Crippen LogP contribution in [-0.4, -0.2) is 22.3 Å². The van der Waals surface area contributed by atoms with Crippen LogP contribution in [0.2, 0.25) is 0 Å². The molecule has 2 amide bonds. The Hall–Kier alpha value is -2.97. The molecule has 0 saturated heterocycles. The predicted octanol–water partition coefficient (Wildman–Crippen LogP) is 1.97. The third kappa shape index (κ3) is 3.53. The zero-order chi connectivity index (χ0) is 15.4. The molecule has 2 rings (SSSR count). The molecule has 0 aliphatic rings. The molecule has 0 saturated carbocycles. The molecule has 9 heteroatoms. The number of nitrogens with zero attached hydrogens (tertiary/aromatic N) is 1. The highest BCUT2D eigenvalue weighted by molar-refractivity contribution is 5.93. The van der Waals surface area contributed by atoms with Crippen molar-refractivity contribution in [3.8, 4) is 0 Å². The molecule has 0 bridgehead atoms. The maximum atomic E-state index is 13.5. The Morgan fingerprint density at radius 3 is 2.67 bits per heavy atom. The lowest BCUT2D eigenvalue weighted by Crippen LogP contribution is -2.28. The van der Waals surface area contributed by atoms with Crippen molar-refractivity contribution in [3.05, 3.63) is 47.4 Å². The minimum absolute atomic E-state index is 0.000431. The number of aromatic carboxylic acids is 1. The number of hydrogen-bond acceptors (Lipinski definition) is 4. The molecule has 1 aromatic carbocycles. The third-order valence-electron chi connectivity index (χ3n) is 2.45. The van der Waals surface area contributed by atoms with Crippen LogP contribution >= 0.6 is 0 Å². The number of halogens is 2. The topological polar surface area (TPSA) is 104 Å². The van der Waals surface area contributed by atoms with E-state index in [-0.39, 0.29) is 6.54 Å². The average molecular weight is 297 g/mol. The minimum Gasteiger partial charge on any atom is -0.478 e. The van der Waals surface area contributed by atoms with E-state index >= 15 is 0 Å². The maximum Gasteiger partial charge on any atom is 0.338 e. The molecular formula is C12H9F2N3O4. The zero-order valence-electron chi connectivity index (χ0n) is 10.4. The Bertz CT molecular complexity index is 673. The highest BCUT2D eigenvalue weighted by Gasteiger charge is 2.16. The van der Waals surface area contributed by atoms with E-state index in [2.05, 4.69) is 15.8 Å². The first-order valence-electron chi connectivity index (χ1n) is 5.64. The van der Waals surface area contributed by atoms with E-state index in [0.717, 1.165) is 0 Å². The second-order valence-electron chi connectivity index (χ2n) is 3.90. The van der Waals surface area contributed by atoms with Crippen molar-refractivity contribution in [2.75, 3.05) is 5.32 Å². The van der Waals surface area contributed by atoms with Crippen molar-refractivity contribution >= 4 is 17.7 Å². The Labute approximate surface area is 116 Å². The highest BCUT2D eigenvalue weighted by Crippen LogP contribution is 2.19. The van der Waals surface area contributed by atoms with E-state index in [9.17, 15) is 18.4 Å². The van der Waals surface area contributed by atoms with Gasteiger partial charge in [0, 0.05) is 12.1 Å². The van der Waals surface area contributed by atoms with Crippen molar-refractivity contribution in [2.45, 2.75) is 6.54 Å². The van der Waals surface area contributed by atoms with Crippen LogP contribution in [0.15, 0.2) is 28.9 Å². The average Bonchev–Trinajstić information content (AvgIpc) is 2.92. The Balaban J connectivity index is 2.06. The lowest BCUT2D eigenvalue weighted by atomic mass is 10.2. The number of carboxylic acids is 1. The Morgan fingerprint density at radius 1 is 1.29 bits per heavy atom. The van der Waals surface area contributed by atoms with Crippen LogP contribution in [0.5, 0.6) is 0 Å². The standard InChI is InChI=1S/C12H9F2N3O4/c13-8-4-9(14)10(3-7(8)11(18)19)17-12(20)15-5-6-1-2-16-21-6/h1-4H,5H2,(H,18,19)(H2,15,17,20). The van der Waals surface area contributed by atoms with Crippen LogP contribution in [0, 0.1) is 11.6 Å². The molecule has 7 nitrogen and oxygen atoms in total. The van der Waals surface area contributed by atoms with E-state index < -0.39 is 34.9 Å². The summed E-state index contributed by atoms with van der Waals surface area (Å²) >= 11 is 0. The molecule has 3 N–H and O–H groups in total. The molecule has 0 radical (unpaired) electrons. The first-order valence-corrected chi connectivity index (χ1v) is 5.64. The smallest absolute Gasteiger partial charge is 0.338 e. The quantitative estimate of drug-likeness (QED) is 0.800. The van der Waals surface area contributed by atoms with Crippen LogP contribution in [0.25, 0.3) is 0 Å². The number of carboxylic acid groups (broad SMARTS) is 1. The van der Waals surface area contributed by atoms with Gasteiger partial charge < -0.3 is 20.3 Å². The summed E-state index contributed by atoms with van der Waals surface area (Å²) < 4.78 is 31.4. The van der Waals surface area contributed by atoms with E-state index in [1.165, 1.54) is 12.3 Å². The summed E-state index contributed by atoms with van der Waals surface area (Å²) in [6.45, 7) is 0.000431. The number of anilines is 1. The largest absolute Gasteiger partial charge is 0.478 e. The number of urea groups is 1. The van der Waals surface area contributed by atoms with Gasteiger partial charge in [-0.15, -0.1) is 0 Å². The molecule has 0 aliphatic carbocycles.